The van der Waals surface area contributed by atoms with Gasteiger partial charge in [0, 0.05) is 5.69 Å². The summed E-state index contributed by atoms with van der Waals surface area (Å²) >= 11 is 0. The molecule has 1 aliphatic rings. The molecule has 0 radical (unpaired) electrons. The molecule has 0 amide bonds. The molecule has 1 aromatic rings. The largest absolute Gasteiger partial charge is 0.489 e. The summed E-state index contributed by atoms with van der Waals surface area (Å²) < 4.78 is 5.98. The highest BCUT2D eigenvalue weighted by atomic mass is 16.5. The Kier molecular flexibility index (Phi) is 4.63. The van der Waals surface area contributed by atoms with E-state index in [-0.39, 0.29) is 12.0 Å². The van der Waals surface area contributed by atoms with E-state index in [9.17, 15) is 4.79 Å². The highest BCUT2D eigenvalue weighted by Crippen LogP contribution is 2.29. The Balaban J connectivity index is 2.04. The number of carboxylic acids is 1. The molecule has 1 saturated carbocycles. The van der Waals surface area contributed by atoms with Gasteiger partial charge in [-0.05, 0) is 50.7 Å². The molecule has 0 bridgehead atoms. The number of nitrogens with zero attached hydrogens (tertiary/aromatic N) is 1. The minimum absolute atomic E-state index is 0.00440. The highest BCUT2D eigenvalue weighted by molar-refractivity contribution is 5.70. The molecule has 1 fully saturated rings. The molecule has 0 unspecified atom stereocenters. The second-order valence-corrected chi connectivity index (χ2v) is 5.92. The van der Waals surface area contributed by atoms with E-state index in [1.807, 2.05) is 19.1 Å². The average Bonchev–Trinajstić information content (AvgIpc) is 2.41. The first-order valence-electron chi connectivity index (χ1n) is 7.34. The van der Waals surface area contributed by atoms with E-state index in [0.717, 1.165) is 36.4 Å². The summed E-state index contributed by atoms with van der Waals surface area (Å²) in [6.07, 6.45) is 3.20. The maximum Gasteiger partial charge on any atom is 0.306 e. The van der Waals surface area contributed by atoms with E-state index in [1.165, 1.54) is 0 Å². The Hall–Kier alpha value is -1.58. The van der Waals surface area contributed by atoms with Crippen LogP contribution in [0.3, 0.4) is 0 Å². The summed E-state index contributed by atoms with van der Waals surface area (Å²) in [7, 11) is 0. The number of aliphatic carboxylic acids is 1. The van der Waals surface area contributed by atoms with Crippen molar-refractivity contribution in [2.24, 2.45) is 5.92 Å². The van der Waals surface area contributed by atoms with Gasteiger partial charge in [0.1, 0.15) is 5.75 Å². The number of hydrogen-bond acceptors (Lipinski definition) is 3. The summed E-state index contributed by atoms with van der Waals surface area (Å²) in [4.78, 5) is 15.6. The van der Waals surface area contributed by atoms with Gasteiger partial charge in [0.25, 0.3) is 0 Å². The van der Waals surface area contributed by atoms with E-state index in [2.05, 4.69) is 18.8 Å². The number of carboxylic acid groups (broad SMARTS) is 1. The van der Waals surface area contributed by atoms with Crippen molar-refractivity contribution >= 4 is 5.97 Å². The molecule has 1 aliphatic carbocycles. The Morgan fingerprint density at radius 2 is 2.15 bits per heavy atom. The fourth-order valence-electron chi connectivity index (χ4n) is 2.67. The van der Waals surface area contributed by atoms with Gasteiger partial charge in [-0.25, -0.2) is 0 Å². The molecular weight excluding hydrogens is 254 g/mol. The standard InChI is InChI=1S/C16H23NO3/c1-10(2)14-7-8-15(11(3)17-14)20-13-6-4-5-12(9-13)16(18)19/h7-8,10,12-13H,4-6,9H2,1-3H3,(H,18,19)/t12-,13-/m0/s1. The van der Waals surface area contributed by atoms with E-state index in [4.69, 9.17) is 9.84 Å². The Morgan fingerprint density at radius 1 is 1.40 bits per heavy atom. The molecule has 4 heteroatoms. The van der Waals surface area contributed by atoms with Crippen molar-refractivity contribution in [1.29, 1.82) is 0 Å². The molecule has 20 heavy (non-hydrogen) atoms. The van der Waals surface area contributed by atoms with Crippen LogP contribution in [0.4, 0.5) is 0 Å². The van der Waals surface area contributed by atoms with Crippen LogP contribution in [0.2, 0.25) is 0 Å². The molecule has 2 rings (SSSR count). The molecule has 0 aromatic carbocycles. The predicted octanol–water partition coefficient (Wildman–Crippen LogP) is 3.54. The minimum Gasteiger partial charge on any atom is -0.489 e. The van der Waals surface area contributed by atoms with Gasteiger partial charge in [0.15, 0.2) is 0 Å². The molecule has 2 atom stereocenters. The normalized spacial score (nSPS) is 22.8. The van der Waals surface area contributed by atoms with Gasteiger partial charge in [0.05, 0.1) is 17.7 Å². The van der Waals surface area contributed by atoms with Gasteiger partial charge in [0.2, 0.25) is 0 Å². The lowest BCUT2D eigenvalue weighted by Crippen LogP contribution is -2.29. The number of ether oxygens (including phenoxy) is 1. The van der Waals surface area contributed by atoms with E-state index >= 15 is 0 Å². The van der Waals surface area contributed by atoms with Crippen LogP contribution in [0.15, 0.2) is 12.1 Å². The fraction of sp³-hybridized carbons (Fsp3) is 0.625. The zero-order valence-corrected chi connectivity index (χ0v) is 12.4. The summed E-state index contributed by atoms with van der Waals surface area (Å²) in [5, 5.41) is 9.11. The smallest absolute Gasteiger partial charge is 0.306 e. The van der Waals surface area contributed by atoms with Gasteiger partial charge < -0.3 is 9.84 Å². The van der Waals surface area contributed by atoms with Gasteiger partial charge in [-0.2, -0.15) is 0 Å². The van der Waals surface area contributed by atoms with E-state index in [0.29, 0.717) is 12.3 Å². The van der Waals surface area contributed by atoms with Crippen LogP contribution in [0, 0.1) is 12.8 Å². The zero-order valence-electron chi connectivity index (χ0n) is 12.4. The summed E-state index contributed by atoms with van der Waals surface area (Å²) in [6.45, 7) is 6.17. The third-order valence-corrected chi connectivity index (χ3v) is 3.92. The fourth-order valence-corrected chi connectivity index (χ4v) is 2.67. The average molecular weight is 277 g/mol. The van der Waals surface area contributed by atoms with Crippen LogP contribution < -0.4 is 4.74 Å². The van der Waals surface area contributed by atoms with Crippen LogP contribution in [-0.4, -0.2) is 22.2 Å². The molecule has 1 aromatic heterocycles. The van der Waals surface area contributed by atoms with Crippen molar-refractivity contribution < 1.29 is 14.6 Å². The molecular formula is C16H23NO3. The number of hydrogen-bond donors (Lipinski definition) is 1. The second kappa shape index (κ2) is 6.25. The van der Waals surface area contributed by atoms with Crippen molar-refractivity contribution in [2.45, 2.75) is 58.5 Å². The molecule has 110 valence electrons. The zero-order chi connectivity index (χ0) is 14.7. The number of aromatic nitrogens is 1. The maximum absolute atomic E-state index is 11.1. The SMILES string of the molecule is Cc1nc(C(C)C)ccc1O[C@H]1CCC[C@H](C(=O)O)C1. The van der Waals surface area contributed by atoms with Crippen molar-refractivity contribution in [3.63, 3.8) is 0 Å². The van der Waals surface area contributed by atoms with Gasteiger partial charge >= 0.3 is 5.97 Å². The van der Waals surface area contributed by atoms with Crippen molar-refractivity contribution in [3.8, 4) is 5.75 Å². The molecule has 4 nitrogen and oxygen atoms in total. The first-order chi connectivity index (χ1) is 9.47. The van der Waals surface area contributed by atoms with Crippen LogP contribution in [0.25, 0.3) is 0 Å². The maximum atomic E-state index is 11.1. The molecule has 1 heterocycles. The number of carbonyl (C=O) groups is 1. The Labute approximate surface area is 120 Å². The van der Waals surface area contributed by atoms with Crippen LogP contribution >= 0.6 is 0 Å². The lowest BCUT2D eigenvalue weighted by atomic mass is 9.87. The van der Waals surface area contributed by atoms with Crippen molar-refractivity contribution in [1.82, 2.24) is 4.98 Å². The minimum atomic E-state index is -0.705. The van der Waals surface area contributed by atoms with Gasteiger partial charge in [-0.3, -0.25) is 9.78 Å². The van der Waals surface area contributed by atoms with Gasteiger partial charge in [-0.15, -0.1) is 0 Å². The molecule has 0 saturated heterocycles. The molecule has 1 N–H and O–H groups in total. The van der Waals surface area contributed by atoms with E-state index < -0.39 is 5.97 Å². The lowest BCUT2D eigenvalue weighted by Gasteiger charge is -2.27. The number of rotatable bonds is 4. The topological polar surface area (TPSA) is 59.4 Å². The third kappa shape index (κ3) is 3.50. The van der Waals surface area contributed by atoms with Crippen LogP contribution in [-0.2, 0) is 4.79 Å². The Morgan fingerprint density at radius 3 is 2.75 bits per heavy atom. The van der Waals surface area contributed by atoms with Gasteiger partial charge in [-0.1, -0.05) is 13.8 Å². The van der Waals surface area contributed by atoms with Crippen molar-refractivity contribution in [3.05, 3.63) is 23.5 Å². The molecule has 0 aliphatic heterocycles. The second-order valence-electron chi connectivity index (χ2n) is 5.92. The summed E-state index contributed by atoms with van der Waals surface area (Å²) in [5.41, 5.74) is 1.94. The first kappa shape index (κ1) is 14.8. The van der Waals surface area contributed by atoms with Crippen LogP contribution in [0.1, 0.15) is 56.8 Å². The summed E-state index contributed by atoms with van der Waals surface area (Å²) in [6, 6.07) is 3.95. The lowest BCUT2D eigenvalue weighted by molar-refractivity contribution is -0.143. The first-order valence-corrected chi connectivity index (χ1v) is 7.34. The molecule has 0 spiro atoms. The highest BCUT2D eigenvalue weighted by Gasteiger charge is 2.28. The quantitative estimate of drug-likeness (QED) is 0.914. The monoisotopic (exact) mass is 277 g/mol. The van der Waals surface area contributed by atoms with Crippen LogP contribution in [0.5, 0.6) is 5.75 Å². The van der Waals surface area contributed by atoms with Crippen molar-refractivity contribution in [2.75, 3.05) is 0 Å². The summed E-state index contributed by atoms with van der Waals surface area (Å²) in [5.74, 6) is 0.208. The van der Waals surface area contributed by atoms with E-state index in [1.54, 1.807) is 0 Å². The Bertz CT molecular complexity index is 485. The number of aryl methyl sites for hydroxylation is 1. The predicted molar refractivity (Wildman–Crippen MR) is 77.1 cm³/mol. The number of pyridine rings is 1. The third-order valence-electron chi connectivity index (χ3n) is 3.92.